The molecule has 1 aromatic rings. The molecule has 6 heteroatoms. The van der Waals surface area contributed by atoms with E-state index in [-0.39, 0.29) is 17.9 Å². The first-order valence-corrected chi connectivity index (χ1v) is 6.05. The number of nitrogens with zero attached hydrogens (tertiary/aromatic N) is 1. The number of nitrogens with two attached hydrogens (primary N) is 1. The van der Waals surface area contributed by atoms with Crippen molar-refractivity contribution < 1.29 is 19.8 Å². The second kappa shape index (κ2) is 6.63. The van der Waals surface area contributed by atoms with Crippen LogP contribution < -0.4 is 5.73 Å². The number of primary amides is 1. The minimum Gasteiger partial charge on any atom is -0.504 e. The normalized spacial score (nSPS) is 10.2. The number of rotatable bonds is 6. The van der Waals surface area contributed by atoms with E-state index in [0.29, 0.717) is 6.54 Å². The minimum absolute atomic E-state index is 0.0441. The average Bonchev–Trinajstić information content (AvgIpc) is 2.36. The van der Waals surface area contributed by atoms with E-state index in [9.17, 15) is 19.8 Å². The van der Waals surface area contributed by atoms with E-state index in [1.165, 1.54) is 23.1 Å². The molecule has 0 radical (unpaired) electrons. The van der Waals surface area contributed by atoms with E-state index in [2.05, 4.69) is 0 Å². The highest BCUT2D eigenvalue weighted by Crippen LogP contribution is 2.29. The lowest BCUT2D eigenvalue weighted by Crippen LogP contribution is -2.39. The van der Waals surface area contributed by atoms with Gasteiger partial charge >= 0.3 is 0 Å². The van der Waals surface area contributed by atoms with Gasteiger partial charge in [-0.15, -0.1) is 0 Å². The third kappa shape index (κ3) is 3.87. The first-order valence-electron chi connectivity index (χ1n) is 6.05. The zero-order valence-electron chi connectivity index (χ0n) is 10.8. The average molecular weight is 266 g/mol. The molecule has 0 atom stereocenters. The number of benzene rings is 1. The number of unbranched alkanes of at least 4 members (excludes halogenated alkanes) is 1. The van der Waals surface area contributed by atoms with Crippen LogP contribution in [0.3, 0.4) is 0 Å². The summed E-state index contributed by atoms with van der Waals surface area (Å²) in [5.74, 6) is -2.01. The van der Waals surface area contributed by atoms with Crippen LogP contribution >= 0.6 is 0 Å². The number of phenolic OH excluding ortho intramolecular Hbond substituents is 2. The van der Waals surface area contributed by atoms with Gasteiger partial charge in [0.1, 0.15) is 0 Å². The number of carbonyl (C=O) groups is 2. The summed E-state index contributed by atoms with van der Waals surface area (Å²) in [5.41, 5.74) is 5.06. The van der Waals surface area contributed by atoms with E-state index in [4.69, 9.17) is 5.73 Å². The molecule has 0 fully saturated rings. The zero-order valence-corrected chi connectivity index (χ0v) is 10.8. The Labute approximate surface area is 111 Å². The molecule has 0 heterocycles. The van der Waals surface area contributed by atoms with Crippen molar-refractivity contribution in [3.63, 3.8) is 0 Å². The van der Waals surface area contributed by atoms with Crippen LogP contribution in [0.5, 0.6) is 11.5 Å². The third-order valence-electron chi connectivity index (χ3n) is 2.66. The standard InChI is InChI=1S/C13H18N2O4/c1-2-3-7-15(8-11(14)17)13(19)9-5-4-6-10(16)12(9)18/h4-6,16,18H,2-3,7-8H2,1H3,(H2,14,17). The maximum Gasteiger partial charge on any atom is 0.258 e. The number of hydrogen-bond donors (Lipinski definition) is 3. The van der Waals surface area contributed by atoms with Crippen LogP contribution in [0.2, 0.25) is 0 Å². The summed E-state index contributed by atoms with van der Waals surface area (Å²) < 4.78 is 0. The van der Waals surface area contributed by atoms with E-state index in [0.717, 1.165) is 12.8 Å². The molecule has 6 nitrogen and oxygen atoms in total. The molecule has 0 saturated carbocycles. The van der Waals surface area contributed by atoms with Crippen LogP contribution in [0.15, 0.2) is 18.2 Å². The molecule has 0 aliphatic heterocycles. The fraction of sp³-hybridized carbons (Fsp3) is 0.385. The summed E-state index contributed by atoms with van der Waals surface area (Å²) >= 11 is 0. The Hall–Kier alpha value is -2.24. The predicted octanol–water partition coefficient (Wildman–Crippen LogP) is 0.825. The van der Waals surface area contributed by atoms with Gasteiger partial charge in [0.2, 0.25) is 5.91 Å². The van der Waals surface area contributed by atoms with E-state index < -0.39 is 17.6 Å². The van der Waals surface area contributed by atoms with Gasteiger partial charge in [0.05, 0.1) is 12.1 Å². The molecule has 0 aliphatic carbocycles. The predicted molar refractivity (Wildman–Crippen MR) is 69.8 cm³/mol. The van der Waals surface area contributed by atoms with Crippen molar-refractivity contribution in [3.8, 4) is 11.5 Å². The first kappa shape index (κ1) is 14.8. The summed E-state index contributed by atoms with van der Waals surface area (Å²) in [6.07, 6.45) is 1.58. The summed E-state index contributed by atoms with van der Waals surface area (Å²) in [6, 6.07) is 4.11. The summed E-state index contributed by atoms with van der Waals surface area (Å²) in [5, 5.41) is 19.0. The number of amides is 2. The van der Waals surface area contributed by atoms with Gasteiger partial charge in [-0.2, -0.15) is 0 Å². The van der Waals surface area contributed by atoms with Crippen molar-refractivity contribution in [2.75, 3.05) is 13.1 Å². The van der Waals surface area contributed by atoms with Gasteiger partial charge in [-0.25, -0.2) is 0 Å². The van der Waals surface area contributed by atoms with Crippen LogP contribution in [-0.2, 0) is 4.79 Å². The molecule has 1 aromatic carbocycles. The highest BCUT2D eigenvalue weighted by atomic mass is 16.3. The van der Waals surface area contributed by atoms with Gasteiger partial charge in [0.15, 0.2) is 11.5 Å². The molecule has 104 valence electrons. The second-order valence-electron chi connectivity index (χ2n) is 4.22. The molecule has 0 spiro atoms. The minimum atomic E-state index is -0.621. The van der Waals surface area contributed by atoms with Crippen molar-refractivity contribution in [1.29, 1.82) is 0 Å². The fourth-order valence-corrected chi connectivity index (χ4v) is 1.66. The van der Waals surface area contributed by atoms with Crippen molar-refractivity contribution in [2.45, 2.75) is 19.8 Å². The third-order valence-corrected chi connectivity index (χ3v) is 2.66. The summed E-state index contributed by atoms with van der Waals surface area (Å²) in [4.78, 5) is 24.4. The summed E-state index contributed by atoms with van der Waals surface area (Å²) in [6.45, 7) is 2.11. The van der Waals surface area contributed by atoms with Crippen LogP contribution in [-0.4, -0.2) is 40.0 Å². The van der Waals surface area contributed by atoms with E-state index in [1.807, 2.05) is 6.92 Å². The maximum atomic E-state index is 12.2. The summed E-state index contributed by atoms with van der Waals surface area (Å²) in [7, 11) is 0. The Morgan fingerprint density at radius 1 is 1.32 bits per heavy atom. The number of aromatic hydroxyl groups is 2. The molecule has 2 amide bonds. The highest BCUT2D eigenvalue weighted by molar-refractivity contribution is 5.99. The van der Waals surface area contributed by atoms with E-state index in [1.54, 1.807) is 0 Å². The fourth-order valence-electron chi connectivity index (χ4n) is 1.66. The molecule has 0 aromatic heterocycles. The smallest absolute Gasteiger partial charge is 0.258 e. The maximum absolute atomic E-state index is 12.2. The van der Waals surface area contributed by atoms with Crippen molar-refractivity contribution >= 4 is 11.8 Å². The van der Waals surface area contributed by atoms with Gasteiger partial charge in [0.25, 0.3) is 5.91 Å². The molecule has 0 bridgehead atoms. The molecule has 0 saturated heterocycles. The van der Waals surface area contributed by atoms with Crippen LogP contribution in [0.25, 0.3) is 0 Å². The lowest BCUT2D eigenvalue weighted by Gasteiger charge is -2.21. The number of hydrogen-bond acceptors (Lipinski definition) is 4. The van der Waals surface area contributed by atoms with Crippen LogP contribution in [0, 0.1) is 0 Å². The Morgan fingerprint density at radius 3 is 2.58 bits per heavy atom. The Balaban J connectivity index is 2.97. The Kier molecular flexibility index (Phi) is 5.17. The Morgan fingerprint density at radius 2 is 2.00 bits per heavy atom. The van der Waals surface area contributed by atoms with Gasteiger partial charge < -0.3 is 20.8 Å². The SMILES string of the molecule is CCCCN(CC(N)=O)C(=O)c1cccc(O)c1O. The second-order valence-corrected chi connectivity index (χ2v) is 4.22. The zero-order chi connectivity index (χ0) is 14.4. The molecule has 0 unspecified atom stereocenters. The van der Waals surface area contributed by atoms with Crippen LogP contribution in [0.4, 0.5) is 0 Å². The van der Waals surface area contributed by atoms with Gasteiger partial charge in [-0.3, -0.25) is 9.59 Å². The number of carbonyl (C=O) groups excluding carboxylic acids is 2. The van der Waals surface area contributed by atoms with Gasteiger partial charge in [-0.05, 0) is 18.6 Å². The monoisotopic (exact) mass is 266 g/mol. The molecular weight excluding hydrogens is 248 g/mol. The van der Waals surface area contributed by atoms with Crippen molar-refractivity contribution in [1.82, 2.24) is 4.90 Å². The Bertz CT molecular complexity index is 474. The molecular formula is C13H18N2O4. The highest BCUT2D eigenvalue weighted by Gasteiger charge is 2.21. The molecule has 4 N–H and O–H groups in total. The molecule has 0 aliphatic rings. The molecule has 1 rings (SSSR count). The van der Waals surface area contributed by atoms with Crippen molar-refractivity contribution in [3.05, 3.63) is 23.8 Å². The first-order chi connectivity index (χ1) is 8.97. The van der Waals surface area contributed by atoms with Crippen LogP contribution in [0.1, 0.15) is 30.1 Å². The number of phenols is 2. The van der Waals surface area contributed by atoms with Crippen molar-refractivity contribution in [2.24, 2.45) is 5.73 Å². The number of para-hydroxylation sites is 1. The molecule has 19 heavy (non-hydrogen) atoms. The quantitative estimate of drug-likeness (QED) is 0.663. The lowest BCUT2D eigenvalue weighted by atomic mass is 10.1. The van der Waals surface area contributed by atoms with Gasteiger partial charge in [-0.1, -0.05) is 19.4 Å². The lowest BCUT2D eigenvalue weighted by molar-refractivity contribution is -0.118. The van der Waals surface area contributed by atoms with Gasteiger partial charge in [0, 0.05) is 6.54 Å². The van der Waals surface area contributed by atoms with E-state index >= 15 is 0 Å². The topological polar surface area (TPSA) is 104 Å². The largest absolute Gasteiger partial charge is 0.504 e.